The third-order valence-electron chi connectivity index (χ3n) is 5.07. The van der Waals surface area contributed by atoms with E-state index in [4.69, 9.17) is 0 Å². The van der Waals surface area contributed by atoms with E-state index in [0.717, 1.165) is 23.3 Å². The number of carbonyl (C=O) groups is 1. The van der Waals surface area contributed by atoms with Crippen LogP contribution in [0.15, 0.2) is 67.0 Å². The maximum absolute atomic E-state index is 13.5. The number of hydrogen-bond acceptors (Lipinski definition) is 3. The van der Waals surface area contributed by atoms with Crippen molar-refractivity contribution in [1.29, 1.82) is 0 Å². The van der Waals surface area contributed by atoms with Gasteiger partial charge in [-0.1, -0.05) is 24.3 Å². The molecule has 9 heteroatoms. The molecule has 2 heterocycles. The van der Waals surface area contributed by atoms with E-state index in [9.17, 15) is 26.7 Å². The highest BCUT2D eigenvalue weighted by molar-refractivity contribution is 6.13. The number of amides is 1. The number of benzene rings is 2. The van der Waals surface area contributed by atoms with Crippen LogP contribution in [-0.4, -0.2) is 17.1 Å². The number of aromatic nitrogens is 1. The maximum Gasteiger partial charge on any atom is 0.458 e. The lowest BCUT2D eigenvalue weighted by Crippen LogP contribution is -2.33. The molecule has 3 aromatic rings. The smallest absolute Gasteiger partial charge is 0.380 e. The summed E-state index contributed by atoms with van der Waals surface area (Å²) in [5.41, 5.74) is 1.82. The first-order valence-corrected chi connectivity index (χ1v) is 9.30. The average Bonchev–Trinajstić information content (AvgIpc) is 3.09. The molecule has 0 atom stereocenters. The van der Waals surface area contributed by atoms with Crippen LogP contribution in [0.25, 0.3) is 0 Å². The Morgan fingerprint density at radius 2 is 1.61 bits per heavy atom. The summed E-state index contributed by atoms with van der Waals surface area (Å²) in [5.74, 6) is -5.32. The average molecular weight is 433 g/mol. The SMILES string of the molecule is O=C1c2c(cccc2NCc2ccncc2)CN1c1ccc(C(F)(F)C(F)(F)F)cc1. The molecule has 0 unspecified atom stereocenters. The molecule has 0 saturated carbocycles. The van der Waals surface area contributed by atoms with E-state index in [1.807, 2.05) is 12.1 Å². The quantitative estimate of drug-likeness (QED) is 0.540. The fraction of sp³-hybridized carbons (Fsp3) is 0.182. The fourth-order valence-corrected chi connectivity index (χ4v) is 3.43. The molecular formula is C22H16F5N3O. The summed E-state index contributed by atoms with van der Waals surface area (Å²) < 4.78 is 64.8. The Labute approximate surface area is 174 Å². The van der Waals surface area contributed by atoms with Gasteiger partial charge in [0.1, 0.15) is 0 Å². The summed E-state index contributed by atoms with van der Waals surface area (Å²) in [5, 5.41) is 3.21. The zero-order valence-corrected chi connectivity index (χ0v) is 16.0. The molecule has 2 aromatic carbocycles. The zero-order chi connectivity index (χ0) is 22.2. The lowest BCUT2D eigenvalue weighted by Gasteiger charge is -2.21. The Hall–Kier alpha value is -3.49. The van der Waals surface area contributed by atoms with E-state index in [0.29, 0.717) is 29.9 Å². The summed E-state index contributed by atoms with van der Waals surface area (Å²) >= 11 is 0. The van der Waals surface area contributed by atoms with Gasteiger partial charge < -0.3 is 10.2 Å². The van der Waals surface area contributed by atoms with Crippen molar-refractivity contribution in [2.75, 3.05) is 10.2 Å². The summed E-state index contributed by atoms with van der Waals surface area (Å²) in [7, 11) is 0. The highest BCUT2D eigenvalue weighted by atomic mass is 19.4. The minimum absolute atomic E-state index is 0.188. The molecule has 1 amide bonds. The number of pyridine rings is 1. The van der Waals surface area contributed by atoms with Crippen molar-refractivity contribution < 1.29 is 26.7 Å². The predicted molar refractivity (Wildman–Crippen MR) is 105 cm³/mol. The number of alkyl halides is 5. The fourth-order valence-electron chi connectivity index (χ4n) is 3.43. The van der Waals surface area contributed by atoms with Crippen molar-refractivity contribution in [1.82, 2.24) is 4.98 Å². The molecule has 0 saturated heterocycles. The molecule has 1 aliphatic rings. The number of hydrogen-bond donors (Lipinski definition) is 1. The molecule has 160 valence electrons. The zero-order valence-electron chi connectivity index (χ0n) is 16.0. The topological polar surface area (TPSA) is 45.2 Å². The van der Waals surface area contributed by atoms with Crippen LogP contribution < -0.4 is 10.2 Å². The van der Waals surface area contributed by atoms with Crippen LogP contribution in [0.4, 0.5) is 33.3 Å². The molecule has 1 aromatic heterocycles. The molecule has 1 N–H and O–H groups in total. The molecule has 0 fully saturated rings. The number of anilines is 2. The van der Waals surface area contributed by atoms with Gasteiger partial charge in [-0.2, -0.15) is 22.0 Å². The van der Waals surface area contributed by atoms with Gasteiger partial charge in [0, 0.05) is 35.9 Å². The summed E-state index contributed by atoms with van der Waals surface area (Å²) in [6.07, 6.45) is -2.37. The van der Waals surface area contributed by atoms with Crippen molar-refractivity contribution in [2.24, 2.45) is 0 Å². The lowest BCUT2D eigenvalue weighted by molar-refractivity contribution is -0.289. The van der Waals surface area contributed by atoms with Gasteiger partial charge in [0.2, 0.25) is 0 Å². The Balaban J connectivity index is 1.56. The molecule has 0 aliphatic carbocycles. The van der Waals surface area contributed by atoms with Crippen LogP contribution in [0, 0.1) is 0 Å². The van der Waals surface area contributed by atoms with E-state index in [1.54, 1.807) is 30.6 Å². The molecule has 0 bridgehead atoms. The van der Waals surface area contributed by atoms with Gasteiger partial charge in [0.15, 0.2) is 0 Å². The molecule has 1 aliphatic heterocycles. The molecular weight excluding hydrogens is 417 g/mol. The Kier molecular flexibility index (Phi) is 5.12. The van der Waals surface area contributed by atoms with Crippen molar-refractivity contribution in [3.63, 3.8) is 0 Å². The monoisotopic (exact) mass is 433 g/mol. The number of fused-ring (bicyclic) bond motifs is 1. The van der Waals surface area contributed by atoms with Crippen molar-refractivity contribution in [3.05, 3.63) is 89.2 Å². The van der Waals surface area contributed by atoms with Crippen LogP contribution in [-0.2, 0) is 19.0 Å². The van der Waals surface area contributed by atoms with E-state index >= 15 is 0 Å². The molecule has 4 nitrogen and oxygen atoms in total. The van der Waals surface area contributed by atoms with Crippen molar-refractivity contribution in [3.8, 4) is 0 Å². The van der Waals surface area contributed by atoms with Gasteiger partial charge in [-0.3, -0.25) is 9.78 Å². The van der Waals surface area contributed by atoms with Crippen molar-refractivity contribution >= 4 is 17.3 Å². The second kappa shape index (κ2) is 7.64. The highest BCUT2D eigenvalue weighted by Crippen LogP contribution is 2.44. The summed E-state index contributed by atoms with van der Waals surface area (Å²) in [6, 6.07) is 12.6. The predicted octanol–water partition coefficient (Wildman–Crippen LogP) is 5.51. The van der Waals surface area contributed by atoms with Gasteiger partial charge in [0.05, 0.1) is 12.1 Å². The number of nitrogens with zero attached hydrogens (tertiary/aromatic N) is 2. The first-order valence-electron chi connectivity index (χ1n) is 9.30. The lowest BCUT2D eigenvalue weighted by atomic mass is 10.1. The first-order chi connectivity index (χ1) is 14.7. The van der Waals surface area contributed by atoms with E-state index in [2.05, 4.69) is 10.3 Å². The molecule has 0 radical (unpaired) electrons. The van der Waals surface area contributed by atoms with Crippen molar-refractivity contribution in [2.45, 2.75) is 25.2 Å². The maximum atomic E-state index is 13.5. The van der Waals surface area contributed by atoms with Crippen LogP contribution in [0.1, 0.15) is 27.0 Å². The minimum Gasteiger partial charge on any atom is -0.380 e. The summed E-state index contributed by atoms with van der Waals surface area (Å²) in [4.78, 5) is 18.3. The third-order valence-corrected chi connectivity index (χ3v) is 5.07. The molecule has 4 rings (SSSR count). The van der Waals surface area contributed by atoms with E-state index < -0.39 is 17.7 Å². The first kappa shape index (κ1) is 20.8. The second-order valence-electron chi connectivity index (χ2n) is 7.06. The van der Waals surface area contributed by atoms with E-state index in [1.165, 1.54) is 4.90 Å². The largest absolute Gasteiger partial charge is 0.458 e. The minimum atomic E-state index is -5.69. The van der Waals surface area contributed by atoms with Gasteiger partial charge in [-0.15, -0.1) is 0 Å². The summed E-state index contributed by atoms with van der Waals surface area (Å²) in [6.45, 7) is 0.654. The van der Waals surface area contributed by atoms with E-state index in [-0.39, 0.29) is 18.1 Å². The van der Waals surface area contributed by atoms with Gasteiger partial charge in [-0.25, -0.2) is 0 Å². The number of nitrogens with one attached hydrogen (secondary N) is 1. The van der Waals surface area contributed by atoms with Gasteiger partial charge in [0.25, 0.3) is 5.91 Å². The normalized spacial score (nSPS) is 14.0. The van der Waals surface area contributed by atoms with Crippen LogP contribution in [0.2, 0.25) is 0 Å². The van der Waals surface area contributed by atoms with Gasteiger partial charge >= 0.3 is 12.1 Å². The highest BCUT2D eigenvalue weighted by Gasteiger charge is 2.58. The van der Waals surface area contributed by atoms with Crippen LogP contribution in [0.5, 0.6) is 0 Å². The standard InChI is InChI=1S/C22H16F5N3O/c23-21(24,22(25,26)27)16-4-6-17(7-5-16)30-13-15-2-1-3-18(19(15)20(30)31)29-12-14-8-10-28-11-9-14/h1-11,29H,12-13H2. The van der Waals surface area contributed by atoms with Gasteiger partial charge in [-0.05, 0) is 41.5 Å². The second-order valence-corrected chi connectivity index (χ2v) is 7.06. The Morgan fingerprint density at radius 3 is 2.26 bits per heavy atom. The number of carbonyl (C=O) groups excluding carboxylic acids is 1. The number of rotatable bonds is 5. The third kappa shape index (κ3) is 3.83. The molecule has 0 spiro atoms. The Bertz CT molecular complexity index is 1100. The Morgan fingerprint density at radius 1 is 0.935 bits per heavy atom. The number of halogens is 5. The van der Waals surface area contributed by atoms with Crippen LogP contribution in [0.3, 0.4) is 0 Å². The molecule has 31 heavy (non-hydrogen) atoms. The van der Waals surface area contributed by atoms with Crippen LogP contribution >= 0.6 is 0 Å².